The van der Waals surface area contributed by atoms with E-state index in [9.17, 15) is 0 Å². The van der Waals surface area contributed by atoms with Crippen LogP contribution in [-0.4, -0.2) is 13.2 Å². The molecular weight excluding hydrogens is 222 g/mol. The van der Waals surface area contributed by atoms with Crippen LogP contribution in [0.3, 0.4) is 0 Å². The molecule has 88 valence electrons. The number of rotatable bonds is 3. The van der Waals surface area contributed by atoms with Crippen molar-refractivity contribution in [3.05, 3.63) is 28.3 Å². The van der Waals surface area contributed by atoms with Crippen LogP contribution < -0.4 is 10.5 Å². The van der Waals surface area contributed by atoms with E-state index in [1.807, 2.05) is 6.07 Å². The summed E-state index contributed by atoms with van der Waals surface area (Å²) in [5.41, 5.74) is 8.61. The minimum absolute atomic E-state index is 0.127. The predicted molar refractivity (Wildman–Crippen MR) is 67.3 cm³/mol. The monoisotopic (exact) mass is 239 g/mol. The Hall–Kier alpha value is -0.730. The Kier molecular flexibility index (Phi) is 2.89. The van der Waals surface area contributed by atoms with Gasteiger partial charge in [-0.05, 0) is 49.9 Å². The van der Waals surface area contributed by atoms with Crippen LogP contribution in [0.25, 0.3) is 0 Å². The Labute approximate surface area is 102 Å². The maximum Gasteiger partial charge on any atom is 0.120 e. The van der Waals surface area contributed by atoms with E-state index in [0.717, 1.165) is 29.2 Å². The molecule has 1 aromatic carbocycles. The van der Waals surface area contributed by atoms with Gasteiger partial charge in [-0.3, -0.25) is 0 Å². The van der Waals surface area contributed by atoms with E-state index in [1.165, 1.54) is 5.56 Å². The number of methoxy groups -OCH3 is 1. The van der Waals surface area contributed by atoms with Crippen molar-refractivity contribution >= 4 is 11.6 Å². The van der Waals surface area contributed by atoms with Crippen LogP contribution in [0, 0.1) is 6.92 Å². The molecule has 1 atom stereocenters. The number of ether oxygens (including phenoxy) is 1. The van der Waals surface area contributed by atoms with E-state index >= 15 is 0 Å². The molecule has 16 heavy (non-hydrogen) atoms. The van der Waals surface area contributed by atoms with Crippen LogP contribution in [0.15, 0.2) is 12.1 Å². The summed E-state index contributed by atoms with van der Waals surface area (Å²) < 4.78 is 5.27. The molecule has 1 unspecified atom stereocenters. The zero-order valence-corrected chi connectivity index (χ0v) is 10.8. The standard InChI is InChI=1S/C13H18ClNO/c1-8-11(13(4-5-13)9(2)15)6-10(16-3)7-12(8)14/h6-7,9H,4-5,15H2,1-3H3. The molecule has 0 saturated heterocycles. The lowest BCUT2D eigenvalue weighted by Crippen LogP contribution is -2.32. The van der Waals surface area contributed by atoms with Gasteiger partial charge in [0.15, 0.2) is 0 Å². The first kappa shape index (κ1) is 11.7. The Morgan fingerprint density at radius 1 is 1.44 bits per heavy atom. The highest BCUT2D eigenvalue weighted by molar-refractivity contribution is 6.31. The third kappa shape index (κ3) is 1.70. The highest BCUT2D eigenvalue weighted by Crippen LogP contribution is 2.52. The molecule has 1 aliphatic carbocycles. The maximum absolute atomic E-state index is 6.22. The van der Waals surface area contributed by atoms with Crippen molar-refractivity contribution < 1.29 is 4.74 Å². The van der Waals surface area contributed by atoms with Crippen LogP contribution in [0.2, 0.25) is 5.02 Å². The third-order valence-electron chi connectivity index (χ3n) is 3.75. The van der Waals surface area contributed by atoms with Crippen molar-refractivity contribution in [3.63, 3.8) is 0 Å². The number of nitrogens with two attached hydrogens (primary N) is 1. The summed E-state index contributed by atoms with van der Waals surface area (Å²) in [4.78, 5) is 0. The van der Waals surface area contributed by atoms with Crippen LogP contribution in [0.5, 0.6) is 5.75 Å². The van der Waals surface area contributed by atoms with Crippen molar-refractivity contribution in [2.24, 2.45) is 5.73 Å². The van der Waals surface area contributed by atoms with Gasteiger partial charge < -0.3 is 10.5 Å². The Morgan fingerprint density at radius 2 is 2.06 bits per heavy atom. The molecule has 1 fully saturated rings. The smallest absolute Gasteiger partial charge is 0.120 e. The Bertz CT molecular complexity index is 411. The molecule has 0 aromatic heterocycles. The van der Waals surface area contributed by atoms with Gasteiger partial charge in [0.25, 0.3) is 0 Å². The van der Waals surface area contributed by atoms with Crippen LogP contribution in [0.4, 0.5) is 0 Å². The SMILES string of the molecule is COc1cc(Cl)c(C)c(C2(C(C)N)CC2)c1. The molecule has 2 N–H and O–H groups in total. The van der Waals surface area contributed by atoms with Gasteiger partial charge in [-0.15, -0.1) is 0 Å². The average molecular weight is 240 g/mol. The lowest BCUT2D eigenvalue weighted by atomic mass is 9.86. The first-order valence-corrected chi connectivity index (χ1v) is 5.99. The summed E-state index contributed by atoms with van der Waals surface area (Å²) in [6, 6.07) is 4.10. The highest BCUT2D eigenvalue weighted by Gasteiger charge is 2.48. The molecule has 0 aliphatic heterocycles. The van der Waals surface area contributed by atoms with Crippen LogP contribution in [0.1, 0.15) is 30.9 Å². The average Bonchev–Trinajstić information content (AvgIpc) is 3.02. The van der Waals surface area contributed by atoms with Crippen molar-refractivity contribution in [2.45, 2.75) is 38.1 Å². The fraction of sp³-hybridized carbons (Fsp3) is 0.538. The lowest BCUT2D eigenvalue weighted by molar-refractivity contribution is 0.412. The number of halogens is 1. The predicted octanol–water partition coefficient (Wildman–Crippen LogP) is 3.04. The van der Waals surface area contributed by atoms with E-state index in [2.05, 4.69) is 19.9 Å². The lowest BCUT2D eigenvalue weighted by Gasteiger charge is -2.23. The van der Waals surface area contributed by atoms with Crippen molar-refractivity contribution in [1.29, 1.82) is 0 Å². The summed E-state index contributed by atoms with van der Waals surface area (Å²) in [5.74, 6) is 0.817. The van der Waals surface area contributed by atoms with E-state index in [4.69, 9.17) is 22.1 Å². The van der Waals surface area contributed by atoms with Crippen molar-refractivity contribution in [1.82, 2.24) is 0 Å². The molecule has 1 aliphatic rings. The molecule has 1 saturated carbocycles. The second-order valence-corrected chi connectivity index (χ2v) is 5.13. The molecular formula is C13H18ClNO. The summed E-state index contributed by atoms with van der Waals surface area (Å²) in [6.07, 6.45) is 2.30. The number of benzene rings is 1. The van der Waals surface area contributed by atoms with Crippen LogP contribution in [-0.2, 0) is 5.41 Å². The first-order chi connectivity index (χ1) is 7.51. The summed E-state index contributed by atoms with van der Waals surface area (Å²) in [6.45, 7) is 4.12. The van der Waals surface area contributed by atoms with E-state index in [0.29, 0.717) is 0 Å². The third-order valence-corrected chi connectivity index (χ3v) is 4.14. The van der Waals surface area contributed by atoms with Gasteiger partial charge in [0, 0.05) is 16.5 Å². The zero-order valence-electron chi connectivity index (χ0n) is 10.0. The maximum atomic E-state index is 6.22. The van der Waals surface area contributed by atoms with Gasteiger partial charge in [-0.25, -0.2) is 0 Å². The molecule has 0 bridgehead atoms. The fourth-order valence-electron chi connectivity index (χ4n) is 2.39. The van der Waals surface area contributed by atoms with Crippen molar-refractivity contribution in [3.8, 4) is 5.75 Å². The molecule has 0 radical (unpaired) electrons. The first-order valence-electron chi connectivity index (χ1n) is 5.61. The number of hydrogen-bond acceptors (Lipinski definition) is 2. The molecule has 0 amide bonds. The van der Waals surface area contributed by atoms with E-state index in [1.54, 1.807) is 7.11 Å². The fourth-order valence-corrected chi connectivity index (χ4v) is 2.60. The van der Waals surface area contributed by atoms with E-state index < -0.39 is 0 Å². The molecule has 2 rings (SSSR count). The zero-order chi connectivity index (χ0) is 11.9. The largest absolute Gasteiger partial charge is 0.497 e. The van der Waals surface area contributed by atoms with Gasteiger partial charge in [0.2, 0.25) is 0 Å². The quantitative estimate of drug-likeness (QED) is 0.880. The Balaban J connectivity index is 2.52. The second kappa shape index (κ2) is 3.94. The van der Waals surface area contributed by atoms with Crippen molar-refractivity contribution in [2.75, 3.05) is 7.11 Å². The number of hydrogen-bond donors (Lipinski definition) is 1. The highest BCUT2D eigenvalue weighted by atomic mass is 35.5. The minimum Gasteiger partial charge on any atom is -0.497 e. The van der Waals surface area contributed by atoms with Gasteiger partial charge >= 0.3 is 0 Å². The van der Waals surface area contributed by atoms with Crippen LogP contribution >= 0.6 is 11.6 Å². The normalized spacial score (nSPS) is 19.3. The van der Waals surface area contributed by atoms with Gasteiger partial charge in [-0.1, -0.05) is 11.6 Å². The molecule has 0 spiro atoms. The summed E-state index contributed by atoms with van der Waals surface area (Å²) >= 11 is 6.22. The second-order valence-electron chi connectivity index (χ2n) is 4.73. The molecule has 3 heteroatoms. The van der Waals surface area contributed by atoms with Gasteiger partial charge in [-0.2, -0.15) is 0 Å². The van der Waals surface area contributed by atoms with E-state index in [-0.39, 0.29) is 11.5 Å². The summed E-state index contributed by atoms with van der Waals surface area (Å²) in [5, 5.41) is 0.765. The topological polar surface area (TPSA) is 35.2 Å². The summed E-state index contributed by atoms with van der Waals surface area (Å²) in [7, 11) is 1.66. The Morgan fingerprint density at radius 3 is 2.50 bits per heavy atom. The molecule has 1 aromatic rings. The van der Waals surface area contributed by atoms with Gasteiger partial charge in [0.1, 0.15) is 5.75 Å². The minimum atomic E-state index is 0.127. The van der Waals surface area contributed by atoms with Gasteiger partial charge in [0.05, 0.1) is 7.11 Å². The molecule has 0 heterocycles. The molecule has 2 nitrogen and oxygen atoms in total.